The molecule has 2 aromatic carbocycles. The Kier molecular flexibility index (Phi) is 4.80. The van der Waals surface area contributed by atoms with Crippen LogP contribution in [0, 0.1) is 20.2 Å². The van der Waals surface area contributed by atoms with Gasteiger partial charge >= 0.3 is 0 Å². The van der Waals surface area contributed by atoms with Gasteiger partial charge in [-0.2, -0.15) is 10.2 Å². The van der Waals surface area contributed by atoms with Gasteiger partial charge in [0.1, 0.15) is 11.5 Å². The summed E-state index contributed by atoms with van der Waals surface area (Å²) in [7, 11) is 0. The molecule has 2 aromatic rings. The number of nitrogens with zero attached hydrogens (tertiary/aromatic N) is 4. The number of hydrogen-bond donors (Lipinski definition) is 2. The summed E-state index contributed by atoms with van der Waals surface area (Å²) in [6.45, 7) is 0. The molecule has 0 heterocycles. The van der Waals surface area contributed by atoms with Gasteiger partial charge in [-0.1, -0.05) is 0 Å². The Morgan fingerprint density at radius 1 is 0.792 bits per heavy atom. The topological polar surface area (TPSA) is 151 Å². The maximum absolute atomic E-state index is 10.7. The lowest BCUT2D eigenvalue weighted by Gasteiger charge is -1.98. The first kappa shape index (κ1) is 16.5. The monoisotopic (exact) mass is 330 g/mol. The van der Waals surface area contributed by atoms with Gasteiger partial charge in [0, 0.05) is 35.4 Å². The lowest BCUT2D eigenvalue weighted by atomic mass is 10.2. The molecule has 0 amide bonds. The molecular weight excluding hydrogens is 320 g/mol. The molecular formula is C14H10N4O6. The molecule has 10 heteroatoms. The first-order chi connectivity index (χ1) is 11.4. The third-order valence-corrected chi connectivity index (χ3v) is 2.90. The first-order valence-corrected chi connectivity index (χ1v) is 6.39. The largest absolute Gasteiger partial charge is 0.507 e. The van der Waals surface area contributed by atoms with Crippen LogP contribution in [0.2, 0.25) is 0 Å². The Bertz CT molecular complexity index is 791. The second kappa shape index (κ2) is 6.96. The highest BCUT2D eigenvalue weighted by Crippen LogP contribution is 2.22. The fourth-order valence-electron chi connectivity index (χ4n) is 1.71. The number of nitro groups is 2. The molecule has 122 valence electrons. The van der Waals surface area contributed by atoms with Crippen molar-refractivity contribution in [1.82, 2.24) is 0 Å². The number of hydrogen-bond acceptors (Lipinski definition) is 8. The van der Waals surface area contributed by atoms with Crippen LogP contribution in [0.1, 0.15) is 11.1 Å². The van der Waals surface area contributed by atoms with E-state index in [0.29, 0.717) is 0 Å². The molecule has 0 aromatic heterocycles. The number of rotatable bonds is 5. The van der Waals surface area contributed by atoms with Crippen LogP contribution in [0.3, 0.4) is 0 Å². The minimum absolute atomic E-state index is 0.0737. The smallest absolute Gasteiger partial charge is 0.270 e. The summed E-state index contributed by atoms with van der Waals surface area (Å²) in [4.78, 5) is 20.1. The second-order valence-electron chi connectivity index (χ2n) is 4.49. The summed E-state index contributed by atoms with van der Waals surface area (Å²) in [5.74, 6) is -0.449. The average molecular weight is 330 g/mol. The van der Waals surface area contributed by atoms with Gasteiger partial charge in [0.05, 0.1) is 22.3 Å². The molecule has 0 unspecified atom stereocenters. The molecule has 2 rings (SSSR count). The van der Waals surface area contributed by atoms with Crippen LogP contribution in [-0.2, 0) is 0 Å². The van der Waals surface area contributed by atoms with E-state index in [1.54, 1.807) is 0 Å². The number of non-ortho nitro benzene ring substituents is 2. The maximum atomic E-state index is 10.7. The lowest BCUT2D eigenvalue weighted by molar-refractivity contribution is -0.385. The van der Waals surface area contributed by atoms with Crippen LogP contribution in [0.4, 0.5) is 11.4 Å². The summed E-state index contributed by atoms with van der Waals surface area (Å²) in [6.07, 6.45) is 2.15. The van der Waals surface area contributed by atoms with Gasteiger partial charge in [0.25, 0.3) is 11.4 Å². The van der Waals surface area contributed by atoms with Gasteiger partial charge in [-0.05, 0) is 12.1 Å². The number of phenols is 2. The van der Waals surface area contributed by atoms with Crippen molar-refractivity contribution >= 4 is 23.8 Å². The third-order valence-electron chi connectivity index (χ3n) is 2.90. The highest BCUT2D eigenvalue weighted by molar-refractivity contribution is 5.87. The number of nitro benzene ring substituents is 2. The van der Waals surface area contributed by atoms with E-state index in [1.165, 1.54) is 0 Å². The fraction of sp³-hybridized carbons (Fsp3) is 0. The Morgan fingerprint density at radius 2 is 1.17 bits per heavy atom. The number of benzene rings is 2. The van der Waals surface area contributed by atoms with Gasteiger partial charge in [0.2, 0.25) is 0 Å². The second-order valence-corrected chi connectivity index (χ2v) is 4.49. The molecule has 0 aliphatic rings. The summed E-state index contributed by atoms with van der Waals surface area (Å²) < 4.78 is 0. The quantitative estimate of drug-likeness (QED) is 0.487. The van der Waals surface area contributed by atoms with Crippen molar-refractivity contribution in [2.75, 3.05) is 0 Å². The van der Waals surface area contributed by atoms with E-state index in [9.17, 15) is 30.4 Å². The zero-order valence-corrected chi connectivity index (χ0v) is 11.9. The summed E-state index contributed by atoms with van der Waals surface area (Å²) in [6, 6.07) is 6.79. The van der Waals surface area contributed by atoms with Crippen LogP contribution in [-0.4, -0.2) is 32.5 Å². The molecule has 0 saturated carbocycles. The third kappa shape index (κ3) is 3.88. The van der Waals surface area contributed by atoms with Gasteiger partial charge in [-0.25, -0.2) is 0 Å². The first-order valence-electron chi connectivity index (χ1n) is 6.39. The molecule has 0 spiro atoms. The summed E-state index contributed by atoms with van der Waals surface area (Å²) in [5, 5.41) is 47.7. The number of aromatic hydroxyl groups is 2. The van der Waals surface area contributed by atoms with Crippen molar-refractivity contribution in [1.29, 1.82) is 0 Å². The van der Waals surface area contributed by atoms with Crippen LogP contribution >= 0.6 is 0 Å². The molecule has 0 fully saturated rings. The Hall–Kier alpha value is -3.82. The van der Waals surface area contributed by atoms with Crippen molar-refractivity contribution in [2.45, 2.75) is 0 Å². The van der Waals surface area contributed by atoms with Crippen molar-refractivity contribution in [3.63, 3.8) is 0 Å². The van der Waals surface area contributed by atoms with Gasteiger partial charge in [-0.3, -0.25) is 20.2 Å². The Balaban J connectivity index is 2.21. The van der Waals surface area contributed by atoms with Crippen molar-refractivity contribution in [3.8, 4) is 11.5 Å². The van der Waals surface area contributed by atoms with Crippen LogP contribution in [0.15, 0.2) is 46.6 Å². The van der Waals surface area contributed by atoms with Crippen molar-refractivity contribution in [3.05, 3.63) is 67.8 Å². The lowest BCUT2D eigenvalue weighted by Crippen LogP contribution is -1.91. The number of phenolic OH excluding ortho intramolecular Hbond substituents is 2. The predicted molar refractivity (Wildman–Crippen MR) is 84.7 cm³/mol. The van der Waals surface area contributed by atoms with Crippen molar-refractivity contribution in [2.24, 2.45) is 10.2 Å². The minimum atomic E-state index is -0.624. The molecule has 0 saturated heterocycles. The molecule has 0 aliphatic heterocycles. The van der Waals surface area contributed by atoms with Gasteiger partial charge in [-0.15, -0.1) is 0 Å². The standard InChI is InChI=1S/C14H10N4O6/c19-13-3-1-11(17(21)22)5-9(13)7-15-16-8-10-6-12(18(23)24)2-4-14(10)20/h1-8,19-20H. The molecule has 10 nitrogen and oxygen atoms in total. The molecule has 2 N–H and O–H groups in total. The van der Waals surface area contributed by atoms with Gasteiger partial charge in [0.15, 0.2) is 0 Å². The minimum Gasteiger partial charge on any atom is -0.507 e. The summed E-state index contributed by atoms with van der Waals surface area (Å²) in [5.41, 5.74) is -0.307. The molecule has 24 heavy (non-hydrogen) atoms. The predicted octanol–water partition coefficient (Wildman–Crippen LogP) is 2.37. The molecule has 0 aliphatic carbocycles. The van der Waals surface area contributed by atoms with Crippen LogP contribution in [0.25, 0.3) is 0 Å². The molecule has 0 radical (unpaired) electrons. The Morgan fingerprint density at radius 3 is 1.50 bits per heavy atom. The molecule has 0 atom stereocenters. The van der Waals surface area contributed by atoms with E-state index < -0.39 is 9.85 Å². The van der Waals surface area contributed by atoms with E-state index in [1.807, 2.05) is 0 Å². The summed E-state index contributed by atoms with van der Waals surface area (Å²) >= 11 is 0. The van der Waals surface area contributed by atoms with E-state index in [4.69, 9.17) is 0 Å². The van der Waals surface area contributed by atoms with E-state index >= 15 is 0 Å². The van der Waals surface area contributed by atoms with Crippen molar-refractivity contribution < 1.29 is 20.1 Å². The highest BCUT2D eigenvalue weighted by atomic mass is 16.6. The average Bonchev–Trinajstić information content (AvgIpc) is 2.54. The maximum Gasteiger partial charge on any atom is 0.270 e. The fourth-order valence-corrected chi connectivity index (χ4v) is 1.71. The Labute approximate surface area is 134 Å². The van der Waals surface area contributed by atoms with E-state index in [2.05, 4.69) is 10.2 Å². The van der Waals surface area contributed by atoms with Crippen LogP contribution < -0.4 is 0 Å². The van der Waals surface area contributed by atoms with Gasteiger partial charge < -0.3 is 10.2 Å². The highest BCUT2D eigenvalue weighted by Gasteiger charge is 2.09. The van der Waals surface area contributed by atoms with E-state index in [0.717, 1.165) is 48.8 Å². The molecule has 0 bridgehead atoms. The normalized spacial score (nSPS) is 11.2. The zero-order valence-electron chi connectivity index (χ0n) is 11.9. The zero-order chi connectivity index (χ0) is 17.7. The van der Waals surface area contributed by atoms with E-state index in [-0.39, 0.29) is 34.0 Å². The van der Waals surface area contributed by atoms with Crippen LogP contribution in [0.5, 0.6) is 11.5 Å². The SMILES string of the molecule is O=[N+]([O-])c1ccc(O)c(C=NN=Cc2cc([N+](=O)[O-])ccc2O)c1.